The molecule has 0 saturated carbocycles. The number of methoxy groups -OCH3 is 1. The fraction of sp³-hybridized carbons (Fsp3) is 0.562. The summed E-state index contributed by atoms with van der Waals surface area (Å²) in [6.45, 7) is 8.66. The Hall–Kier alpha value is -1.59. The average Bonchev–Trinajstić information content (AvgIpc) is 2.56. The monoisotopic (exact) mass is 290 g/mol. The number of anilines is 1. The maximum atomic E-state index is 12.7. The zero-order valence-electron chi connectivity index (χ0n) is 12.8. The van der Waals surface area contributed by atoms with E-state index in [4.69, 9.17) is 4.74 Å². The van der Waals surface area contributed by atoms with Crippen molar-refractivity contribution in [3.8, 4) is 5.75 Å². The van der Waals surface area contributed by atoms with Crippen LogP contribution in [0.25, 0.3) is 0 Å². The van der Waals surface area contributed by atoms with Crippen molar-refractivity contribution in [2.45, 2.75) is 13.0 Å². The first-order chi connectivity index (χ1) is 10.1. The van der Waals surface area contributed by atoms with Gasteiger partial charge in [0, 0.05) is 19.6 Å². The molecule has 1 N–H and O–H groups in total. The fourth-order valence-corrected chi connectivity index (χ4v) is 3.51. The Morgan fingerprint density at radius 3 is 2.48 bits per heavy atom. The van der Waals surface area contributed by atoms with Gasteiger partial charge in [0.15, 0.2) is 6.04 Å². The Labute approximate surface area is 126 Å². The lowest BCUT2D eigenvalue weighted by Gasteiger charge is -2.52. The van der Waals surface area contributed by atoms with E-state index < -0.39 is 0 Å². The van der Waals surface area contributed by atoms with Crippen LogP contribution in [0.1, 0.15) is 6.92 Å². The number of piperazine rings is 3. The number of hydrogen-bond donors (Lipinski definition) is 1. The van der Waals surface area contributed by atoms with E-state index in [0.717, 1.165) is 49.4 Å². The second-order valence-electron chi connectivity index (χ2n) is 6.10. The van der Waals surface area contributed by atoms with Gasteiger partial charge in [-0.25, -0.2) is 0 Å². The number of para-hydroxylation sites is 2. The highest BCUT2D eigenvalue weighted by atomic mass is 16.5. The summed E-state index contributed by atoms with van der Waals surface area (Å²) >= 11 is 0. The standard InChI is InChI=1S/C16H23N3O2/c1-13(19-10-7-18(8-11-19)9-12-19)16(20)17-14-5-3-4-6-15(14)21-2/h3-6,13H,7-12H2,1-2H3/p+1/t13-/m0/s1. The fourth-order valence-electron chi connectivity index (χ4n) is 3.51. The third-order valence-electron chi connectivity index (χ3n) is 5.15. The van der Waals surface area contributed by atoms with Gasteiger partial charge in [-0.1, -0.05) is 12.1 Å². The summed E-state index contributed by atoms with van der Waals surface area (Å²) in [5.74, 6) is 0.802. The van der Waals surface area contributed by atoms with Gasteiger partial charge >= 0.3 is 0 Å². The maximum absolute atomic E-state index is 12.7. The Bertz CT molecular complexity index is 510. The molecular weight excluding hydrogens is 266 g/mol. The molecule has 0 spiro atoms. The largest absolute Gasteiger partial charge is 0.495 e. The minimum atomic E-state index is -0.0163. The minimum Gasteiger partial charge on any atom is -0.495 e. The Morgan fingerprint density at radius 1 is 1.24 bits per heavy atom. The van der Waals surface area contributed by atoms with E-state index in [0.29, 0.717) is 5.75 Å². The molecule has 0 unspecified atom stereocenters. The van der Waals surface area contributed by atoms with Crippen LogP contribution in [0, 0.1) is 0 Å². The van der Waals surface area contributed by atoms with Crippen LogP contribution in [-0.4, -0.2) is 67.7 Å². The molecule has 2 bridgehead atoms. The van der Waals surface area contributed by atoms with Crippen molar-refractivity contribution >= 4 is 11.6 Å². The molecular formula is C16H24N3O2+. The highest BCUT2D eigenvalue weighted by Crippen LogP contribution is 2.27. The average molecular weight is 290 g/mol. The number of nitrogens with zero attached hydrogens (tertiary/aromatic N) is 2. The number of amides is 1. The van der Waals surface area contributed by atoms with Crippen LogP contribution in [0.4, 0.5) is 5.69 Å². The highest BCUT2D eigenvalue weighted by molar-refractivity contribution is 5.95. The van der Waals surface area contributed by atoms with Crippen LogP contribution < -0.4 is 10.1 Å². The molecule has 1 atom stereocenters. The molecule has 114 valence electrons. The first-order valence-electron chi connectivity index (χ1n) is 7.67. The molecule has 0 aromatic heterocycles. The number of quaternary nitrogens is 1. The number of ether oxygens (including phenoxy) is 1. The lowest BCUT2D eigenvalue weighted by Crippen LogP contribution is -2.72. The SMILES string of the molecule is COc1ccccc1NC(=O)[C@H](C)[N+]12CCN(CC1)CC2. The zero-order chi connectivity index (χ0) is 14.9. The molecule has 1 aromatic rings. The van der Waals surface area contributed by atoms with Crippen molar-refractivity contribution in [1.29, 1.82) is 0 Å². The van der Waals surface area contributed by atoms with Gasteiger partial charge in [0.25, 0.3) is 5.91 Å². The van der Waals surface area contributed by atoms with Gasteiger partial charge in [0.2, 0.25) is 0 Å². The quantitative estimate of drug-likeness (QED) is 0.846. The maximum Gasteiger partial charge on any atom is 0.282 e. The van der Waals surface area contributed by atoms with Crippen molar-refractivity contribution < 1.29 is 14.0 Å². The van der Waals surface area contributed by atoms with E-state index in [1.54, 1.807) is 7.11 Å². The summed E-state index contributed by atoms with van der Waals surface area (Å²) in [7, 11) is 1.63. The second kappa shape index (κ2) is 5.66. The van der Waals surface area contributed by atoms with Crippen LogP contribution in [0.15, 0.2) is 24.3 Å². The summed E-state index contributed by atoms with van der Waals surface area (Å²) in [6.07, 6.45) is 0. The molecule has 1 amide bonds. The molecule has 3 aliphatic rings. The van der Waals surface area contributed by atoms with Gasteiger partial charge in [-0.05, 0) is 19.1 Å². The Kier molecular flexibility index (Phi) is 3.87. The minimum absolute atomic E-state index is 0.0163. The third-order valence-corrected chi connectivity index (χ3v) is 5.15. The number of carbonyl (C=O) groups is 1. The van der Waals surface area contributed by atoms with E-state index in [1.165, 1.54) is 0 Å². The molecule has 0 aliphatic carbocycles. The first-order valence-corrected chi connectivity index (χ1v) is 7.67. The second-order valence-corrected chi connectivity index (χ2v) is 6.10. The molecule has 3 aliphatic heterocycles. The van der Waals surface area contributed by atoms with Crippen molar-refractivity contribution in [3.63, 3.8) is 0 Å². The van der Waals surface area contributed by atoms with E-state index in [2.05, 4.69) is 17.1 Å². The highest BCUT2D eigenvalue weighted by Gasteiger charge is 2.45. The number of carbonyl (C=O) groups excluding carboxylic acids is 1. The number of benzene rings is 1. The lowest BCUT2D eigenvalue weighted by molar-refractivity contribution is -0.953. The molecule has 3 fully saturated rings. The van der Waals surface area contributed by atoms with Gasteiger partial charge in [0.05, 0.1) is 32.4 Å². The predicted molar refractivity (Wildman–Crippen MR) is 82.4 cm³/mol. The summed E-state index contributed by atoms with van der Waals surface area (Å²) in [4.78, 5) is 15.2. The Balaban J connectivity index is 1.72. The van der Waals surface area contributed by atoms with Gasteiger partial charge in [0.1, 0.15) is 5.75 Å². The van der Waals surface area contributed by atoms with Crippen molar-refractivity contribution in [3.05, 3.63) is 24.3 Å². The van der Waals surface area contributed by atoms with Crippen LogP contribution >= 0.6 is 0 Å². The summed E-state index contributed by atoms with van der Waals surface area (Å²) < 4.78 is 6.23. The van der Waals surface area contributed by atoms with E-state index in [-0.39, 0.29) is 11.9 Å². The summed E-state index contributed by atoms with van der Waals surface area (Å²) in [6, 6.07) is 7.56. The van der Waals surface area contributed by atoms with Gasteiger partial charge in [-0.15, -0.1) is 0 Å². The molecule has 3 saturated heterocycles. The predicted octanol–water partition coefficient (Wildman–Crippen LogP) is 1.17. The van der Waals surface area contributed by atoms with E-state index in [9.17, 15) is 4.79 Å². The molecule has 5 heteroatoms. The molecule has 1 aromatic carbocycles. The molecule has 4 rings (SSSR count). The summed E-state index contributed by atoms with van der Waals surface area (Å²) in [5, 5.41) is 3.04. The first kappa shape index (κ1) is 14.4. The van der Waals surface area contributed by atoms with Crippen molar-refractivity contribution in [2.24, 2.45) is 0 Å². The third kappa shape index (κ3) is 2.63. The molecule has 5 nitrogen and oxygen atoms in total. The van der Waals surface area contributed by atoms with Crippen LogP contribution in [0.5, 0.6) is 5.75 Å². The van der Waals surface area contributed by atoms with Crippen molar-refractivity contribution in [2.75, 3.05) is 51.7 Å². The van der Waals surface area contributed by atoms with Crippen LogP contribution in [0.3, 0.4) is 0 Å². The number of hydrogen-bond acceptors (Lipinski definition) is 3. The molecule has 3 heterocycles. The number of fused-ring (bicyclic) bond motifs is 3. The van der Waals surface area contributed by atoms with Crippen LogP contribution in [0.2, 0.25) is 0 Å². The Morgan fingerprint density at radius 2 is 1.86 bits per heavy atom. The normalized spacial score (nSPS) is 29.0. The van der Waals surface area contributed by atoms with Gasteiger partial charge < -0.3 is 14.5 Å². The topological polar surface area (TPSA) is 41.6 Å². The smallest absolute Gasteiger partial charge is 0.282 e. The zero-order valence-corrected chi connectivity index (χ0v) is 12.8. The summed E-state index contributed by atoms with van der Waals surface area (Å²) in [5.41, 5.74) is 0.755. The lowest BCUT2D eigenvalue weighted by atomic mass is 10.1. The number of nitrogens with one attached hydrogen (secondary N) is 1. The van der Waals surface area contributed by atoms with Crippen LogP contribution in [-0.2, 0) is 4.79 Å². The molecule has 0 radical (unpaired) electrons. The van der Waals surface area contributed by atoms with E-state index in [1.807, 2.05) is 24.3 Å². The van der Waals surface area contributed by atoms with Crippen molar-refractivity contribution in [1.82, 2.24) is 4.90 Å². The number of rotatable bonds is 4. The van der Waals surface area contributed by atoms with Gasteiger partial charge in [-0.2, -0.15) is 0 Å². The van der Waals surface area contributed by atoms with E-state index >= 15 is 0 Å². The molecule has 21 heavy (non-hydrogen) atoms. The van der Waals surface area contributed by atoms with Gasteiger partial charge in [-0.3, -0.25) is 9.69 Å².